The van der Waals surface area contributed by atoms with Gasteiger partial charge in [-0.25, -0.2) is 4.79 Å². The molecular weight excluding hydrogens is 350 g/mol. The van der Waals surface area contributed by atoms with Crippen LogP contribution in [0.2, 0.25) is 0 Å². The Morgan fingerprint density at radius 3 is 2.37 bits per heavy atom. The standard InChI is InChI=1S/C19H23N3O5/c1-13(27-17-5-3-16(26-2)4-6-17)18(23)21-9-7-15(8-10-21)22-12-14(11-20-22)19(24)25/h3-6,11-13,15H,7-10H2,1-2H3,(H,24,25). The molecule has 1 amide bonds. The van der Waals surface area contributed by atoms with E-state index in [0.717, 1.165) is 18.6 Å². The van der Waals surface area contributed by atoms with Crippen LogP contribution in [0.3, 0.4) is 0 Å². The summed E-state index contributed by atoms with van der Waals surface area (Å²) in [5.74, 6) is 0.298. The number of piperidine rings is 1. The number of aromatic nitrogens is 2. The molecule has 0 aliphatic carbocycles. The first kappa shape index (κ1) is 18.8. The molecule has 27 heavy (non-hydrogen) atoms. The van der Waals surface area contributed by atoms with Gasteiger partial charge in [0.15, 0.2) is 6.10 Å². The number of rotatable bonds is 6. The average Bonchev–Trinajstić information content (AvgIpc) is 3.18. The molecule has 1 aromatic heterocycles. The van der Waals surface area contributed by atoms with Crippen molar-refractivity contribution in [1.29, 1.82) is 0 Å². The Hall–Kier alpha value is -3.03. The summed E-state index contributed by atoms with van der Waals surface area (Å²) in [5, 5.41) is 13.1. The number of likely N-dealkylation sites (tertiary alicyclic amines) is 1. The van der Waals surface area contributed by atoms with Crippen molar-refractivity contribution in [1.82, 2.24) is 14.7 Å². The van der Waals surface area contributed by atoms with Gasteiger partial charge in [-0.15, -0.1) is 0 Å². The third-order valence-electron chi connectivity index (χ3n) is 4.72. The van der Waals surface area contributed by atoms with E-state index < -0.39 is 12.1 Å². The predicted molar refractivity (Wildman–Crippen MR) is 97.1 cm³/mol. The first-order valence-electron chi connectivity index (χ1n) is 8.85. The van der Waals surface area contributed by atoms with Crippen LogP contribution in [0.15, 0.2) is 36.7 Å². The second-order valence-electron chi connectivity index (χ2n) is 6.51. The molecule has 0 bridgehead atoms. The summed E-state index contributed by atoms with van der Waals surface area (Å²) in [5.41, 5.74) is 0.176. The molecule has 1 aromatic carbocycles. The molecule has 0 spiro atoms. The van der Waals surface area contributed by atoms with Gasteiger partial charge in [0, 0.05) is 19.3 Å². The van der Waals surface area contributed by atoms with Crippen LogP contribution in [0, 0.1) is 0 Å². The highest BCUT2D eigenvalue weighted by Gasteiger charge is 2.28. The molecule has 1 atom stereocenters. The number of carboxylic acid groups (broad SMARTS) is 1. The molecular formula is C19H23N3O5. The van der Waals surface area contributed by atoms with Gasteiger partial charge in [-0.2, -0.15) is 5.10 Å². The molecule has 1 aliphatic rings. The maximum atomic E-state index is 12.6. The Labute approximate surface area is 157 Å². The lowest BCUT2D eigenvalue weighted by Crippen LogP contribution is -2.45. The van der Waals surface area contributed by atoms with Crippen LogP contribution < -0.4 is 9.47 Å². The number of benzene rings is 1. The van der Waals surface area contributed by atoms with Crippen LogP contribution in [-0.2, 0) is 4.79 Å². The lowest BCUT2D eigenvalue weighted by atomic mass is 10.0. The minimum absolute atomic E-state index is 0.0593. The van der Waals surface area contributed by atoms with Gasteiger partial charge in [0.2, 0.25) is 0 Å². The van der Waals surface area contributed by atoms with Gasteiger partial charge in [0.1, 0.15) is 11.5 Å². The molecule has 3 rings (SSSR count). The van der Waals surface area contributed by atoms with Crippen molar-refractivity contribution in [3.63, 3.8) is 0 Å². The summed E-state index contributed by atoms with van der Waals surface area (Å²) in [7, 11) is 1.59. The molecule has 8 heteroatoms. The second-order valence-corrected chi connectivity index (χ2v) is 6.51. The maximum Gasteiger partial charge on any atom is 0.338 e. The Bertz CT molecular complexity index is 794. The minimum Gasteiger partial charge on any atom is -0.497 e. The predicted octanol–water partition coefficient (Wildman–Crippen LogP) is 2.22. The fourth-order valence-electron chi connectivity index (χ4n) is 3.16. The number of carbonyl (C=O) groups is 2. The van der Waals surface area contributed by atoms with E-state index in [1.807, 2.05) is 0 Å². The molecule has 1 aliphatic heterocycles. The number of carboxylic acids is 1. The van der Waals surface area contributed by atoms with Crippen LogP contribution >= 0.6 is 0 Å². The summed E-state index contributed by atoms with van der Waals surface area (Å²) in [6.45, 7) is 2.91. The monoisotopic (exact) mass is 373 g/mol. The SMILES string of the molecule is COc1ccc(OC(C)C(=O)N2CCC(n3cc(C(=O)O)cn3)CC2)cc1. The largest absolute Gasteiger partial charge is 0.497 e. The van der Waals surface area contributed by atoms with Gasteiger partial charge < -0.3 is 19.5 Å². The Kier molecular flexibility index (Phi) is 5.63. The molecule has 8 nitrogen and oxygen atoms in total. The number of carbonyl (C=O) groups excluding carboxylic acids is 1. The zero-order valence-corrected chi connectivity index (χ0v) is 15.4. The Balaban J connectivity index is 1.53. The highest BCUT2D eigenvalue weighted by molar-refractivity contribution is 5.86. The zero-order valence-electron chi connectivity index (χ0n) is 15.4. The topological polar surface area (TPSA) is 93.9 Å². The quantitative estimate of drug-likeness (QED) is 0.834. The fourth-order valence-corrected chi connectivity index (χ4v) is 3.16. The number of methoxy groups -OCH3 is 1. The summed E-state index contributed by atoms with van der Waals surface area (Å²) in [4.78, 5) is 25.4. The van der Waals surface area contributed by atoms with Crippen molar-refractivity contribution >= 4 is 11.9 Å². The molecule has 1 saturated heterocycles. The summed E-state index contributed by atoms with van der Waals surface area (Å²) in [6.07, 6.45) is 3.76. The van der Waals surface area contributed by atoms with E-state index in [9.17, 15) is 9.59 Å². The Morgan fingerprint density at radius 2 is 1.81 bits per heavy atom. The fraction of sp³-hybridized carbons (Fsp3) is 0.421. The smallest absolute Gasteiger partial charge is 0.338 e. The van der Waals surface area contributed by atoms with Gasteiger partial charge in [-0.05, 0) is 44.0 Å². The molecule has 1 fully saturated rings. The van der Waals surface area contributed by atoms with Gasteiger partial charge in [0.25, 0.3) is 5.91 Å². The van der Waals surface area contributed by atoms with Gasteiger partial charge in [-0.1, -0.05) is 0 Å². The van der Waals surface area contributed by atoms with E-state index in [1.54, 1.807) is 54.1 Å². The number of aromatic carboxylic acids is 1. The number of hydrogen-bond donors (Lipinski definition) is 1. The van der Waals surface area contributed by atoms with E-state index in [4.69, 9.17) is 14.6 Å². The summed E-state index contributed by atoms with van der Waals surface area (Å²) in [6, 6.07) is 7.21. The van der Waals surface area contributed by atoms with Crippen LogP contribution in [0.5, 0.6) is 11.5 Å². The van der Waals surface area contributed by atoms with Gasteiger partial charge in [0.05, 0.1) is 24.9 Å². The van der Waals surface area contributed by atoms with Crippen LogP contribution in [-0.4, -0.2) is 58.0 Å². The van der Waals surface area contributed by atoms with E-state index in [2.05, 4.69) is 5.10 Å². The number of hydrogen-bond acceptors (Lipinski definition) is 5. The Morgan fingerprint density at radius 1 is 1.19 bits per heavy atom. The second kappa shape index (κ2) is 8.11. The summed E-state index contributed by atoms with van der Waals surface area (Å²) < 4.78 is 12.5. The highest BCUT2D eigenvalue weighted by atomic mass is 16.5. The number of amides is 1. The molecule has 2 aromatic rings. The third kappa shape index (κ3) is 4.39. The maximum absolute atomic E-state index is 12.6. The summed E-state index contributed by atoms with van der Waals surface area (Å²) >= 11 is 0. The van der Waals surface area contributed by atoms with E-state index in [-0.39, 0.29) is 17.5 Å². The van der Waals surface area contributed by atoms with Crippen LogP contribution in [0.1, 0.15) is 36.2 Å². The first-order chi connectivity index (χ1) is 13.0. The van der Waals surface area contributed by atoms with Crippen molar-refractivity contribution in [2.45, 2.75) is 31.9 Å². The average molecular weight is 373 g/mol. The van der Waals surface area contributed by atoms with Gasteiger partial charge >= 0.3 is 5.97 Å². The highest BCUT2D eigenvalue weighted by Crippen LogP contribution is 2.24. The van der Waals surface area contributed by atoms with E-state index >= 15 is 0 Å². The van der Waals surface area contributed by atoms with E-state index in [0.29, 0.717) is 18.8 Å². The third-order valence-corrected chi connectivity index (χ3v) is 4.72. The van der Waals surface area contributed by atoms with Crippen molar-refractivity contribution in [2.75, 3.05) is 20.2 Å². The molecule has 2 heterocycles. The molecule has 144 valence electrons. The number of nitrogens with zero attached hydrogens (tertiary/aromatic N) is 3. The van der Waals surface area contributed by atoms with Crippen molar-refractivity contribution in [3.05, 3.63) is 42.2 Å². The van der Waals surface area contributed by atoms with Crippen molar-refractivity contribution in [2.24, 2.45) is 0 Å². The molecule has 1 N–H and O–H groups in total. The normalized spacial score (nSPS) is 16.0. The van der Waals surface area contributed by atoms with Gasteiger partial charge in [-0.3, -0.25) is 9.48 Å². The van der Waals surface area contributed by atoms with Crippen LogP contribution in [0.25, 0.3) is 0 Å². The zero-order chi connectivity index (χ0) is 19.4. The lowest BCUT2D eigenvalue weighted by Gasteiger charge is -2.33. The number of ether oxygens (including phenoxy) is 2. The minimum atomic E-state index is -0.988. The van der Waals surface area contributed by atoms with E-state index in [1.165, 1.54) is 6.20 Å². The molecule has 0 saturated carbocycles. The molecule has 0 radical (unpaired) electrons. The lowest BCUT2D eigenvalue weighted by molar-refractivity contribution is -0.139. The van der Waals surface area contributed by atoms with Crippen molar-refractivity contribution in [3.8, 4) is 11.5 Å². The van der Waals surface area contributed by atoms with Crippen molar-refractivity contribution < 1.29 is 24.2 Å². The first-order valence-corrected chi connectivity index (χ1v) is 8.85. The van der Waals surface area contributed by atoms with Crippen LogP contribution in [0.4, 0.5) is 0 Å². The molecule has 1 unspecified atom stereocenters.